The molecule has 0 radical (unpaired) electrons. The molecule has 0 atom stereocenters. The van der Waals surface area contributed by atoms with Crippen LogP contribution in [0.1, 0.15) is 40.2 Å². The SMILES string of the molecule is CCc1cc(B2OC(C)(C)C(C)(C)O2)ccc1OCCNC(=O)O. The van der Waals surface area contributed by atoms with Gasteiger partial charge in [0.2, 0.25) is 0 Å². The van der Waals surface area contributed by atoms with Crippen LogP contribution in [0.3, 0.4) is 0 Å². The number of carboxylic acid groups (broad SMARTS) is 1. The Hall–Kier alpha value is -1.73. The second-order valence-corrected chi connectivity index (χ2v) is 6.89. The van der Waals surface area contributed by atoms with Gasteiger partial charge in [0.05, 0.1) is 17.7 Å². The van der Waals surface area contributed by atoms with Gasteiger partial charge in [-0.3, -0.25) is 0 Å². The van der Waals surface area contributed by atoms with Crippen LogP contribution in [-0.4, -0.2) is 42.7 Å². The predicted octanol–water partition coefficient (Wildman–Crippen LogP) is 2.19. The average molecular weight is 335 g/mol. The molecule has 0 bridgehead atoms. The predicted molar refractivity (Wildman–Crippen MR) is 93.1 cm³/mol. The molecule has 1 aromatic rings. The fourth-order valence-electron chi connectivity index (χ4n) is 2.46. The standard InChI is InChI=1S/C17H26BNO5/c1-6-12-11-13(18-23-16(2,3)17(4,5)24-18)7-8-14(12)22-10-9-19-15(20)21/h7-8,11,19H,6,9-10H2,1-5H3,(H,20,21). The summed E-state index contributed by atoms with van der Waals surface area (Å²) in [6.45, 7) is 10.7. The van der Waals surface area contributed by atoms with Gasteiger partial charge in [-0.05, 0) is 51.2 Å². The number of benzene rings is 1. The Labute approximate surface area is 143 Å². The van der Waals surface area contributed by atoms with E-state index < -0.39 is 13.2 Å². The van der Waals surface area contributed by atoms with E-state index in [9.17, 15) is 4.79 Å². The molecule has 0 unspecified atom stereocenters. The quantitative estimate of drug-likeness (QED) is 0.616. The minimum Gasteiger partial charge on any atom is -0.491 e. The van der Waals surface area contributed by atoms with Crippen molar-refractivity contribution >= 4 is 18.7 Å². The number of hydrogen-bond donors (Lipinski definition) is 2. The zero-order valence-corrected chi connectivity index (χ0v) is 15.0. The second-order valence-electron chi connectivity index (χ2n) is 6.89. The summed E-state index contributed by atoms with van der Waals surface area (Å²) >= 11 is 0. The summed E-state index contributed by atoms with van der Waals surface area (Å²) in [6.07, 6.45) is -0.250. The molecule has 2 rings (SSSR count). The summed E-state index contributed by atoms with van der Waals surface area (Å²) in [4.78, 5) is 10.4. The third-order valence-electron chi connectivity index (χ3n) is 4.63. The summed E-state index contributed by atoms with van der Waals surface area (Å²) < 4.78 is 17.8. The van der Waals surface area contributed by atoms with E-state index in [1.54, 1.807) is 0 Å². The maximum absolute atomic E-state index is 10.4. The summed E-state index contributed by atoms with van der Waals surface area (Å²) in [6, 6.07) is 5.85. The highest BCUT2D eigenvalue weighted by Gasteiger charge is 2.51. The molecule has 1 aliphatic rings. The molecule has 24 heavy (non-hydrogen) atoms. The fourth-order valence-corrected chi connectivity index (χ4v) is 2.46. The number of hydrogen-bond acceptors (Lipinski definition) is 4. The first kappa shape index (κ1) is 18.6. The van der Waals surface area contributed by atoms with Crippen molar-refractivity contribution < 1.29 is 23.9 Å². The molecule has 0 spiro atoms. The van der Waals surface area contributed by atoms with Crippen LogP contribution in [0.4, 0.5) is 4.79 Å². The molecule has 0 aromatic heterocycles. The van der Waals surface area contributed by atoms with Gasteiger partial charge < -0.3 is 24.5 Å². The first-order valence-corrected chi connectivity index (χ1v) is 8.24. The second kappa shape index (κ2) is 7.03. The van der Waals surface area contributed by atoms with E-state index >= 15 is 0 Å². The van der Waals surface area contributed by atoms with Crippen molar-refractivity contribution in [2.75, 3.05) is 13.2 Å². The molecule has 1 aliphatic heterocycles. The number of ether oxygens (including phenoxy) is 1. The lowest BCUT2D eigenvalue weighted by molar-refractivity contribution is 0.00578. The third kappa shape index (κ3) is 4.02. The minimum atomic E-state index is -1.05. The molecule has 1 saturated heterocycles. The van der Waals surface area contributed by atoms with Crippen LogP contribution in [-0.2, 0) is 15.7 Å². The largest absolute Gasteiger partial charge is 0.494 e. The van der Waals surface area contributed by atoms with Crippen molar-refractivity contribution in [1.29, 1.82) is 0 Å². The van der Waals surface area contributed by atoms with Crippen LogP contribution < -0.4 is 15.5 Å². The topological polar surface area (TPSA) is 77.0 Å². The molecule has 6 nitrogen and oxygen atoms in total. The molecular weight excluding hydrogens is 309 g/mol. The lowest BCUT2D eigenvalue weighted by atomic mass is 9.78. The Morgan fingerprint density at radius 1 is 1.25 bits per heavy atom. The summed E-state index contributed by atoms with van der Waals surface area (Å²) in [5.74, 6) is 0.755. The Morgan fingerprint density at radius 3 is 2.42 bits per heavy atom. The Morgan fingerprint density at radius 2 is 1.88 bits per heavy atom. The Kier molecular flexibility index (Phi) is 5.45. The molecule has 1 aromatic carbocycles. The van der Waals surface area contributed by atoms with Gasteiger partial charge in [-0.1, -0.05) is 19.1 Å². The van der Waals surface area contributed by atoms with Gasteiger partial charge >= 0.3 is 13.2 Å². The summed E-state index contributed by atoms with van der Waals surface area (Å²) in [5.41, 5.74) is 1.25. The fraction of sp³-hybridized carbons (Fsp3) is 0.588. The van der Waals surface area contributed by atoms with Gasteiger partial charge in [-0.2, -0.15) is 0 Å². The van der Waals surface area contributed by atoms with Crippen LogP contribution in [0.5, 0.6) is 5.75 Å². The van der Waals surface area contributed by atoms with Gasteiger partial charge in [0.1, 0.15) is 12.4 Å². The van der Waals surface area contributed by atoms with Crippen molar-refractivity contribution in [1.82, 2.24) is 5.32 Å². The first-order valence-electron chi connectivity index (χ1n) is 8.24. The van der Waals surface area contributed by atoms with E-state index in [-0.39, 0.29) is 24.4 Å². The number of aryl methyl sites for hydroxylation is 1. The highest BCUT2D eigenvalue weighted by Crippen LogP contribution is 2.36. The number of carbonyl (C=O) groups is 1. The van der Waals surface area contributed by atoms with Crippen LogP contribution >= 0.6 is 0 Å². The van der Waals surface area contributed by atoms with E-state index in [1.165, 1.54) is 0 Å². The van der Waals surface area contributed by atoms with Crippen molar-refractivity contribution in [3.05, 3.63) is 23.8 Å². The lowest BCUT2D eigenvalue weighted by Gasteiger charge is -2.32. The zero-order valence-electron chi connectivity index (χ0n) is 15.0. The van der Waals surface area contributed by atoms with Gasteiger partial charge in [0.15, 0.2) is 0 Å². The number of amides is 1. The molecular formula is C17H26BNO5. The molecule has 2 N–H and O–H groups in total. The van der Waals surface area contributed by atoms with Crippen molar-refractivity contribution in [3.8, 4) is 5.75 Å². The molecule has 132 valence electrons. The van der Waals surface area contributed by atoms with Crippen molar-refractivity contribution in [2.24, 2.45) is 0 Å². The maximum Gasteiger partial charge on any atom is 0.494 e. The van der Waals surface area contributed by atoms with Crippen LogP contribution in [0, 0.1) is 0 Å². The van der Waals surface area contributed by atoms with Gasteiger partial charge in [-0.25, -0.2) is 4.79 Å². The molecule has 0 aliphatic carbocycles. The maximum atomic E-state index is 10.4. The van der Waals surface area contributed by atoms with Crippen LogP contribution in [0.2, 0.25) is 0 Å². The summed E-state index contributed by atoms with van der Waals surface area (Å²) in [5, 5.41) is 10.8. The number of nitrogens with one attached hydrogen (secondary N) is 1. The van der Waals surface area contributed by atoms with Crippen LogP contribution in [0.25, 0.3) is 0 Å². The average Bonchev–Trinajstić information content (AvgIpc) is 2.71. The molecule has 7 heteroatoms. The molecule has 1 fully saturated rings. The first-order chi connectivity index (χ1) is 11.2. The Bertz CT molecular complexity index is 587. The van der Waals surface area contributed by atoms with Gasteiger partial charge in [-0.15, -0.1) is 0 Å². The minimum absolute atomic E-state index is 0.247. The highest BCUT2D eigenvalue weighted by molar-refractivity contribution is 6.62. The monoisotopic (exact) mass is 335 g/mol. The normalized spacial score (nSPS) is 18.5. The van der Waals surface area contributed by atoms with Gasteiger partial charge in [0, 0.05) is 0 Å². The molecule has 1 heterocycles. The van der Waals surface area contributed by atoms with Crippen LogP contribution in [0.15, 0.2) is 18.2 Å². The highest BCUT2D eigenvalue weighted by atomic mass is 16.7. The van der Waals surface area contributed by atoms with E-state index in [0.29, 0.717) is 0 Å². The van der Waals surface area contributed by atoms with E-state index in [4.69, 9.17) is 19.2 Å². The van der Waals surface area contributed by atoms with Crippen molar-refractivity contribution in [3.63, 3.8) is 0 Å². The van der Waals surface area contributed by atoms with Gasteiger partial charge in [0.25, 0.3) is 0 Å². The lowest BCUT2D eigenvalue weighted by Crippen LogP contribution is -2.41. The van der Waals surface area contributed by atoms with Crippen molar-refractivity contribution in [2.45, 2.75) is 52.2 Å². The molecule has 0 saturated carbocycles. The zero-order chi connectivity index (χ0) is 18.0. The smallest absolute Gasteiger partial charge is 0.491 e. The third-order valence-corrected chi connectivity index (χ3v) is 4.63. The number of rotatable bonds is 6. The molecule has 1 amide bonds. The van der Waals surface area contributed by atoms with E-state index in [2.05, 4.69) is 5.32 Å². The van der Waals surface area contributed by atoms with E-state index in [1.807, 2.05) is 52.8 Å². The Balaban J connectivity index is 2.08. The summed E-state index contributed by atoms with van der Waals surface area (Å²) in [7, 11) is -0.400. The van der Waals surface area contributed by atoms with E-state index in [0.717, 1.165) is 23.2 Å².